The number of hydrogen-bond acceptors (Lipinski definition) is 5. The molecular formula is C28H36F3N5O. The summed E-state index contributed by atoms with van der Waals surface area (Å²) in [6.07, 6.45) is 2.31. The molecule has 1 saturated carbocycles. The van der Waals surface area contributed by atoms with Crippen LogP contribution in [0.2, 0.25) is 0 Å². The van der Waals surface area contributed by atoms with E-state index in [1.807, 2.05) is 19.2 Å². The number of benzene rings is 1. The lowest BCUT2D eigenvalue weighted by Gasteiger charge is -2.36. The van der Waals surface area contributed by atoms with Crippen molar-refractivity contribution in [1.82, 2.24) is 26.1 Å². The number of likely N-dealkylation sites (tertiary alicyclic amines) is 1. The number of carbonyl (C=O) groups excluding carboxylic acids is 1. The van der Waals surface area contributed by atoms with E-state index in [9.17, 15) is 18.0 Å². The molecule has 3 fully saturated rings. The lowest BCUT2D eigenvalue weighted by molar-refractivity contribution is -0.138. The molecule has 3 N–H and O–H groups in total. The number of hydrogen-bond donors (Lipinski definition) is 3. The smallest absolute Gasteiger partial charge is 0.352 e. The molecule has 2 aliphatic heterocycles. The molecule has 37 heavy (non-hydrogen) atoms. The summed E-state index contributed by atoms with van der Waals surface area (Å²) in [5.74, 6) is 0.426. The van der Waals surface area contributed by atoms with Crippen molar-refractivity contribution in [2.45, 2.75) is 69.8 Å². The number of aromatic nitrogens is 1. The number of nitrogens with one attached hydrogen (secondary N) is 3. The lowest BCUT2D eigenvalue weighted by Crippen LogP contribution is -2.50. The predicted molar refractivity (Wildman–Crippen MR) is 135 cm³/mol. The van der Waals surface area contributed by atoms with Crippen molar-refractivity contribution in [3.05, 3.63) is 65.0 Å². The molecule has 4 unspecified atom stereocenters. The quantitative estimate of drug-likeness (QED) is 0.539. The van der Waals surface area contributed by atoms with Gasteiger partial charge in [0.1, 0.15) is 0 Å². The minimum absolute atomic E-state index is 0.0255. The summed E-state index contributed by atoms with van der Waals surface area (Å²) < 4.78 is 40.0. The first kappa shape index (κ1) is 26.1. The first-order valence-electron chi connectivity index (χ1n) is 13.4. The Hall–Kier alpha value is -2.49. The van der Waals surface area contributed by atoms with Crippen LogP contribution in [-0.2, 0) is 17.4 Å². The number of hydrazine groups is 1. The number of aryl methyl sites for hydroxylation is 1. The Labute approximate surface area is 216 Å². The fraction of sp³-hybridized carbons (Fsp3) is 0.571. The maximum absolute atomic E-state index is 13.3. The number of carbonyl (C=O) groups is 1. The molecule has 0 bridgehead atoms. The highest BCUT2D eigenvalue weighted by molar-refractivity contribution is 5.79. The standard InChI is InChI=1S/C28H36F3N5O/c1-18-15-20(10-12-32-18)26-23-16-21(8-9-25(23)34-35-26)27(37)33-22-6-4-13-36(17-22)14-11-19-5-2-3-7-24(19)28(29,30)31/h2-3,5,7,10,12,15,21-23,25-26,34-35H,4,6,8-9,11,13-14,16-17H2,1H3,(H,33,37)/t21?,22-,23?,25?,26?/m1/s1. The lowest BCUT2D eigenvalue weighted by atomic mass is 9.74. The van der Waals surface area contributed by atoms with E-state index in [1.165, 1.54) is 11.6 Å². The molecule has 0 spiro atoms. The first-order valence-corrected chi connectivity index (χ1v) is 13.4. The van der Waals surface area contributed by atoms with Crippen LogP contribution in [-0.4, -0.2) is 47.5 Å². The van der Waals surface area contributed by atoms with Gasteiger partial charge in [-0.1, -0.05) is 18.2 Å². The van der Waals surface area contributed by atoms with Gasteiger partial charge < -0.3 is 10.2 Å². The normalized spacial score (nSPS) is 28.6. The highest BCUT2D eigenvalue weighted by Gasteiger charge is 2.43. The van der Waals surface area contributed by atoms with Crippen molar-refractivity contribution in [2.24, 2.45) is 11.8 Å². The highest BCUT2D eigenvalue weighted by Crippen LogP contribution is 2.40. The van der Waals surface area contributed by atoms with Crippen LogP contribution >= 0.6 is 0 Å². The van der Waals surface area contributed by atoms with Gasteiger partial charge >= 0.3 is 6.18 Å². The van der Waals surface area contributed by atoms with Gasteiger partial charge in [0.2, 0.25) is 5.91 Å². The molecular weight excluding hydrogens is 479 g/mol. The van der Waals surface area contributed by atoms with Gasteiger partial charge in [-0.05, 0) is 87.2 Å². The summed E-state index contributed by atoms with van der Waals surface area (Å²) in [7, 11) is 0. The molecule has 1 amide bonds. The molecule has 1 aliphatic carbocycles. The molecule has 0 radical (unpaired) electrons. The van der Waals surface area contributed by atoms with Crippen molar-refractivity contribution in [3.8, 4) is 0 Å². The number of piperidine rings is 1. The molecule has 9 heteroatoms. The molecule has 5 atom stereocenters. The van der Waals surface area contributed by atoms with Crippen LogP contribution in [0.25, 0.3) is 0 Å². The zero-order valence-corrected chi connectivity index (χ0v) is 21.2. The molecule has 3 heterocycles. The second-order valence-corrected chi connectivity index (χ2v) is 10.8. The number of amides is 1. The Balaban J connectivity index is 1.15. The summed E-state index contributed by atoms with van der Waals surface area (Å²) in [6, 6.07) is 10.5. The van der Waals surface area contributed by atoms with Crippen LogP contribution < -0.4 is 16.2 Å². The van der Waals surface area contributed by atoms with Crippen LogP contribution in [0.1, 0.15) is 60.5 Å². The number of alkyl halides is 3. The molecule has 2 aromatic rings. The number of nitrogens with zero attached hydrogens (tertiary/aromatic N) is 2. The summed E-state index contributed by atoms with van der Waals surface area (Å²) >= 11 is 0. The summed E-state index contributed by atoms with van der Waals surface area (Å²) in [5.41, 5.74) is 8.84. The minimum Gasteiger partial charge on any atom is -0.352 e. The van der Waals surface area contributed by atoms with Crippen molar-refractivity contribution >= 4 is 5.91 Å². The SMILES string of the molecule is Cc1cc(C2NNC3CCC(C(=O)N[C@@H]4CCCN(CCc5ccccc5C(F)(F)F)C4)CC32)ccn1. The van der Waals surface area contributed by atoms with Gasteiger partial charge in [-0.3, -0.25) is 15.2 Å². The molecule has 3 aliphatic rings. The molecule has 6 nitrogen and oxygen atoms in total. The van der Waals surface area contributed by atoms with E-state index >= 15 is 0 Å². The molecule has 1 aromatic carbocycles. The summed E-state index contributed by atoms with van der Waals surface area (Å²) in [4.78, 5) is 19.8. The van der Waals surface area contributed by atoms with Gasteiger partial charge in [-0.25, -0.2) is 5.43 Å². The zero-order valence-electron chi connectivity index (χ0n) is 21.2. The van der Waals surface area contributed by atoms with E-state index in [2.05, 4.69) is 32.1 Å². The fourth-order valence-corrected chi connectivity index (χ4v) is 6.38. The first-order chi connectivity index (χ1) is 17.8. The van der Waals surface area contributed by atoms with E-state index in [1.54, 1.807) is 12.1 Å². The van der Waals surface area contributed by atoms with Crippen LogP contribution in [0.15, 0.2) is 42.6 Å². The second kappa shape index (κ2) is 11.1. The van der Waals surface area contributed by atoms with E-state index in [-0.39, 0.29) is 23.9 Å². The Morgan fingerprint density at radius 3 is 2.81 bits per heavy atom. The average Bonchev–Trinajstić information content (AvgIpc) is 3.31. The summed E-state index contributed by atoms with van der Waals surface area (Å²) in [6.45, 7) is 4.07. The molecule has 5 rings (SSSR count). The van der Waals surface area contributed by atoms with Crippen LogP contribution in [0.4, 0.5) is 13.2 Å². The van der Waals surface area contributed by atoms with Gasteiger partial charge in [0.25, 0.3) is 0 Å². The third-order valence-electron chi connectivity index (χ3n) is 8.27. The number of pyridine rings is 1. The van der Waals surface area contributed by atoms with Crippen LogP contribution in [0.3, 0.4) is 0 Å². The van der Waals surface area contributed by atoms with Gasteiger partial charge in [0.15, 0.2) is 0 Å². The number of halogens is 3. The third-order valence-corrected chi connectivity index (χ3v) is 8.27. The molecule has 1 aromatic heterocycles. The molecule has 2 saturated heterocycles. The number of rotatable bonds is 6. The highest BCUT2D eigenvalue weighted by atomic mass is 19.4. The van der Waals surface area contributed by atoms with Crippen molar-refractivity contribution in [3.63, 3.8) is 0 Å². The molecule has 200 valence electrons. The fourth-order valence-electron chi connectivity index (χ4n) is 6.38. The van der Waals surface area contributed by atoms with Crippen LogP contribution in [0.5, 0.6) is 0 Å². The monoisotopic (exact) mass is 515 g/mol. The van der Waals surface area contributed by atoms with Crippen molar-refractivity contribution in [1.29, 1.82) is 0 Å². The van der Waals surface area contributed by atoms with E-state index in [0.717, 1.165) is 50.4 Å². The van der Waals surface area contributed by atoms with Gasteiger partial charge in [0, 0.05) is 43.0 Å². The summed E-state index contributed by atoms with van der Waals surface area (Å²) in [5, 5.41) is 3.28. The van der Waals surface area contributed by atoms with E-state index in [4.69, 9.17) is 0 Å². The predicted octanol–water partition coefficient (Wildman–Crippen LogP) is 4.17. The largest absolute Gasteiger partial charge is 0.416 e. The third kappa shape index (κ3) is 6.16. The topological polar surface area (TPSA) is 69.3 Å². The van der Waals surface area contributed by atoms with Crippen LogP contribution in [0, 0.1) is 18.8 Å². The zero-order chi connectivity index (χ0) is 26.0. The van der Waals surface area contributed by atoms with Crippen molar-refractivity contribution < 1.29 is 18.0 Å². The van der Waals surface area contributed by atoms with Gasteiger partial charge in [-0.2, -0.15) is 13.2 Å². The van der Waals surface area contributed by atoms with Gasteiger partial charge in [-0.15, -0.1) is 0 Å². The maximum Gasteiger partial charge on any atom is 0.416 e. The minimum atomic E-state index is -4.34. The Morgan fingerprint density at radius 1 is 1.16 bits per heavy atom. The average molecular weight is 516 g/mol. The van der Waals surface area contributed by atoms with Crippen molar-refractivity contribution in [2.75, 3.05) is 19.6 Å². The maximum atomic E-state index is 13.3. The van der Waals surface area contributed by atoms with E-state index in [0.29, 0.717) is 37.0 Å². The Bertz CT molecular complexity index is 1090. The second-order valence-electron chi connectivity index (χ2n) is 10.8. The Morgan fingerprint density at radius 2 is 2.00 bits per heavy atom. The number of fused-ring (bicyclic) bond motifs is 1. The van der Waals surface area contributed by atoms with Gasteiger partial charge in [0.05, 0.1) is 11.6 Å². The Kier molecular flexibility index (Phi) is 7.83. The van der Waals surface area contributed by atoms with E-state index < -0.39 is 11.7 Å².